The molecule has 146 valence electrons. The fourth-order valence-electron chi connectivity index (χ4n) is 2.88. The second-order valence-corrected chi connectivity index (χ2v) is 7.15. The first-order valence-corrected chi connectivity index (χ1v) is 9.54. The molecule has 3 aromatic rings. The Labute approximate surface area is 167 Å². The molecule has 0 bridgehead atoms. The van der Waals surface area contributed by atoms with E-state index in [1.165, 1.54) is 11.1 Å². The summed E-state index contributed by atoms with van der Waals surface area (Å²) in [7, 11) is 4.15. The summed E-state index contributed by atoms with van der Waals surface area (Å²) in [4.78, 5) is 15.7. The van der Waals surface area contributed by atoms with E-state index in [1.54, 1.807) is 12.4 Å². The third kappa shape index (κ3) is 5.27. The molecule has 0 aliphatic carbocycles. The average Bonchev–Trinajstić information content (AvgIpc) is 2.69. The summed E-state index contributed by atoms with van der Waals surface area (Å²) in [6.45, 7) is 6.06. The summed E-state index contributed by atoms with van der Waals surface area (Å²) in [6.07, 6.45) is 4.58. The van der Waals surface area contributed by atoms with Crippen molar-refractivity contribution in [2.45, 2.75) is 20.3 Å². The van der Waals surface area contributed by atoms with E-state index in [0.717, 1.165) is 42.3 Å². The predicted molar refractivity (Wildman–Crippen MR) is 116 cm³/mol. The molecular formula is C22H28N6. The van der Waals surface area contributed by atoms with Gasteiger partial charge >= 0.3 is 0 Å². The topological polar surface area (TPSA) is 66.0 Å². The van der Waals surface area contributed by atoms with Gasteiger partial charge in [-0.1, -0.05) is 12.1 Å². The maximum absolute atomic E-state index is 4.70. The first kappa shape index (κ1) is 19.8. The normalized spacial score (nSPS) is 10.9. The molecule has 0 amide bonds. The van der Waals surface area contributed by atoms with Crippen molar-refractivity contribution in [3.63, 3.8) is 0 Å². The summed E-state index contributed by atoms with van der Waals surface area (Å²) < 4.78 is 0. The predicted octanol–water partition coefficient (Wildman–Crippen LogP) is 4.26. The maximum atomic E-state index is 4.70. The van der Waals surface area contributed by atoms with Gasteiger partial charge in [0.05, 0.1) is 5.69 Å². The zero-order chi connectivity index (χ0) is 19.9. The second-order valence-electron chi connectivity index (χ2n) is 7.15. The van der Waals surface area contributed by atoms with Gasteiger partial charge in [0.15, 0.2) is 0 Å². The molecule has 2 N–H and O–H groups in total. The van der Waals surface area contributed by atoms with E-state index in [9.17, 15) is 0 Å². The monoisotopic (exact) mass is 376 g/mol. The number of aromatic nitrogens is 3. The van der Waals surface area contributed by atoms with Crippen LogP contribution in [-0.4, -0.2) is 47.0 Å². The quantitative estimate of drug-likeness (QED) is 0.573. The summed E-state index contributed by atoms with van der Waals surface area (Å²) in [6, 6.07) is 12.1. The average molecular weight is 377 g/mol. The van der Waals surface area contributed by atoms with Crippen LogP contribution >= 0.6 is 0 Å². The van der Waals surface area contributed by atoms with Crippen LogP contribution in [-0.2, 0) is 0 Å². The minimum atomic E-state index is 0.626. The Morgan fingerprint density at radius 3 is 2.54 bits per heavy atom. The Balaban J connectivity index is 1.87. The van der Waals surface area contributed by atoms with Gasteiger partial charge in [-0.2, -0.15) is 4.98 Å². The van der Waals surface area contributed by atoms with E-state index in [1.807, 2.05) is 18.2 Å². The highest BCUT2D eigenvalue weighted by atomic mass is 15.1. The molecule has 0 radical (unpaired) electrons. The maximum Gasteiger partial charge on any atom is 0.225 e. The molecule has 3 rings (SSSR count). The number of nitrogens with zero attached hydrogens (tertiary/aromatic N) is 4. The van der Waals surface area contributed by atoms with Crippen molar-refractivity contribution in [1.82, 2.24) is 19.9 Å². The van der Waals surface area contributed by atoms with Crippen molar-refractivity contribution in [2.24, 2.45) is 0 Å². The second kappa shape index (κ2) is 9.28. The number of benzene rings is 1. The fourth-order valence-corrected chi connectivity index (χ4v) is 2.88. The van der Waals surface area contributed by atoms with Gasteiger partial charge in [-0.25, -0.2) is 4.98 Å². The molecule has 28 heavy (non-hydrogen) atoms. The van der Waals surface area contributed by atoms with Gasteiger partial charge in [0.25, 0.3) is 0 Å². The van der Waals surface area contributed by atoms with Crippen LogP contribution in [0.25, 0.3) is 11.3 Å². The number of nitrogens with one attached hydrogen (secondary N) is 2. The molecule has 1 aromatic carbocycles. The third-order valence-electron chi connectivity index (χ3n) is 4.63. The molecule has 0 atom stereocenters. The largest absolute Gasteiger partial charge is 0.354 e. The Morgan fingerprint density at radius 2 is 1.79 bits per heavy atom. The van der Waals surface area contributed by atoms with Gasteiger partial charge in [0.1, 0.15) is 5.82 Å². The number of hydrogen-bond acceptors (Lipinski definition) is 6. The highest BCUT2D eigenvalue weighted by molar-refractivity contribution is 5.68. The molecule has 2 heterocycles. The molecule has 0 saturated carbocycles. The zero-order valence-electron chi connectivity index (χ0n) is 17.0. The Kier molecular flexibility index (Phi) is 6.55. The molecule has 0 saturated heterocycles. The van der Waals surface area contributed by atoms with E-state index >= 15 is 0 Å². The lowest BCUT2D eigenvalue weighted by Gasteiger charge is -2.14. The zero-order valence-corrected chi connectivity index (χ0v) is 17.0. The lowest BCUT2D eigenvalue weighted by atomic mass is 10.1. The molecule has 0 aliphatic heterocycles. The van der Waals surface area contributed by atoms with Gasteiger partial charge in [0.2, 0.25) is 5.95 Å². The van der Waals surface area contributed by atoms with Crippen molar-refractivity contribution in [3.8, 4) is 11.3 Å². The number of hydrogen-bond donors (Lipinski definition) is 2. The lowest BCUT2D eigenvalue weighted by molar-refractivity contribution is 0.405. The molecule has 0 spiro atoms. The summed E-state index contributed by atoms with van der Waals surface area (Å²) >= 11 is 0. The van der Waals surface area contributed by atoms with E-state index in [-0.39, 0.29) is 0 Å². The van der Waals surface area contributed by atoms with E-state index in [0.29, 0.717) is 5.95 Å². The van der Waals surface area contributed by atoms with Crippen LogP contribution in [0.15, 0.2) is 48.8 Å². The summed E-state index contributed by atoms with van der Waals surface area (Å²) in [5.74, 6) is 1.39. The summed E-state index contributed by atoms with van der Waals surface area (Å²) in [5.41, 5.74) is 5.39. The number of anilines is 3. The standard InChI is InChI=1S/C22H28N6/c1-16-7-5-8-19(17(16)2)25-21-15-20(18-9-12-23-13-10-18)26-22(27-21)24-11-6-14-28(3)4/h5,7-10,12-13,15H,6,11,14H2,1-4H3,(H2,24,25,26,27). The van der Waals surface area contributed by atoms with Crippen molar-refractivity contribution >= 4 is 17.5 Å². The SMILES string of the molecule is Cc1cccc(Nc2cc(-c3ccncc3)nc(NCCCN(C)C)n2)c1C. The van der Waals surface area contributed by atoms with Crippen LogP contribution in [0.4, 0.5) is 17.5 Å². The van der Waals surface area contributed by atoms with Gasteiger partial charge < -0.3 is 15.5 Å². The summed E-state index contributed by atoms with van der Waals surface area (Å²) in [5, 5.41) is 6.82. The van der Waals surface area contributed by atoms with E-state index in [4.69, 9.17) is 4.98 Å². The van der Waals surface area contributed by atoms with Crippen LogP contribution in [0.3, 0.4) is 0 Å². The molecule has 0 aliphatic rings. The molecule has 6 heteroatoms. The highest BCUT2D eigenvalue weighted by Gasteiger charge is 2.09. The number of pyridine rings is 1. The molecule has 6 nitrogen and oxygen atoms in total. The lowest BCUT2D eigenvalue weighted by Crippen LogP contribution is -2.17. The van der Waals surface area contributed by atoms with E-state index in [2.05, 4.69) is 71.6 Å². The van der Waals surface area contributed by atoms with E-state index < -0.39 is 0 Å². The van der Waals surface area contributed by atoms with Gasteiger partial charge in [-0.05, 0) is 70.2 Å². The van der Waals surface area contributed by atoms with Gasteiger partial charge in [-0.15, -0.1) is 0 Å². The van der Waals surface area contributed by atoms with Crippen molar-refractivity contribution in [1.29, 1.82) is 0 Å². The molecule has 0 unspecified atom stereocenters. The Bertz CT molecular complexity index is 908. The third-order valence-corrected chi connectivity index (χ3v) is 4.63. The Hall–Kier alpha value is -2.99. The van der Waals surface area contributed by atoms with Gasteiger partial charge in [-0.3, -0.25) is 4.98 Å². The highest BCUT2D eigenvalue weighted by Crippen LogP contribution is 2.26. The van der Waals surface area contributed by atoms with Crippen molar-refractivity contribution < 1.29 is 0 Å². The first-order chi connectivity index (χ1) is 13.5. The van der Waals surface area contributed by atoms with Crippen molar-refractivity contribution in [3.05, 3.63) is 59.9 Å². The Morgan fingerprint density at radius 1 is 1.00 bits per heavy atom. The minimum absolute atomic E-state index is 0.626. The van der Waals surface area contributed by atoms with Crippen LogP contribution in [0, 0.1) is 13.8 Å². The molecule has 0 fully saturated rings. The van der Waals surface area contributed by atoms with Crippen LogP contribution in [0.5, 0.6) is 0 Å². The molecule has 2 aromatic heterocycles. The van der Waals surface area contributed by atoms with Crippen LogP contribution in [0.2, 0.25) is 0 Å². The fraction of sp³-hybridized carbons (Fsp3) is 0.318. The smallest absolute Gasteiger partial charge is 0.225 e. The van der Waals surface area contributed by atoms with Crippen molar-refractivity contribution in [2.75, 3.05) is 37.8 Å². The molecular weight excluding hydrogens is 348 g/mol. The van der Waals surface area contributed by atoms with Gasteiger partial charge in [0, 0.05) is 36.3 Å². The van der Waals surface area contributed by atoms with Crippen LogP contribution in [0.1, 0.15) is 17.5 Å². The first-order valence-electron chi connectivity index (χ1n) is 9.54. The van der Waals surface area contributed by atoms with Crippen LogP contribution < -0.4 is 10.6 Å². The number of rotatable bonds is 8. The minimum Gasteiger partial charge on any atom is -0.354 e. The number of aryl methyl sites for hydroxylation is 1.